The molecule has 0 atom stereocenters. The minimum absolute atomic E-state index is 0.596. The first kappa shape index (κ1) is 16.3. The molecule has 0 bridgehead atoms. The van der Waals surface area contributed by atoms with E-state index in [0.29, 0.717) is 23.9 Å². The van der Waals surface area contributed by atoms with E-state index in [2.05, 4.69) is 21.2 Å². The van der Waals surface area contributed by atoms with Crippen LogP contribution in [0, 0.1) is 0 Å². The van der Waals surface area contributed by atoms with Crippen LogP contribution in [-0.2, 0) is 11.3 Å². The monoisotopic (exact) mass is 369 g/mol. The van der Waals surface area contributed by atoms with Gasteiger partial charge in [-0.05, 0) is 30.3 Å². The Hall–Kier alpha value is -1.07. The molecule has 0 unspecified atom stereocenters. The molecule has 1 N–H and O–H groups in total. The smallest absolute Gasteiger partial charge is 0.146 e. The summed E-state index contributed by atoms with van der Waals surface area (Å²) in [6, 6.07) is 13.4. The molecule has 0 saturated carbocycles. The Morgan fingerprint density at radius 1 is 1.14 bits per heavy atom. The van der Waals surface area contributed by atoms with E-state index in [1.165, 1.54) is 0 Å². The molecular formula is C16H17BrClNO2. The number of nitrogens with one attached hydrogen (secondary N) is 1. The summed E-state index contributed by atoms with van der Waals surface area (Å²) < 4.78 is 12.0. The van der Waals surface area contributed by atoms with Crippen LogP contribution in [-0.4, -0.2) is 20.3 Å². The highest BCUT2D eigenvalue weighted by Crippen LogP contribution is 2.32. The van der Waals surface area contributed by atoms with Crippen molar-refractivity contribution in [3.05, 3.63) is 57.5 Å². The van der Waals surface area contributed by atoms with Gasteiger partial charge in [-0.15, -0.1) is 0 Å². The normalized spacial score (nSPS) is 10.6. The van der Waals surface area contributed by atoms with E-state index in [9.17, 15) is 0 Å². The molecule has 2 rings (SSSR count). The predicted molar refractivity (Wildman–Crippen MR) is 89.3 cm³/mol. The molecule has 0 radical (unpaired) electrons. The number of benzene rings is 2. The van der Waals surface area contributed by atoms with Crippen molar-refractivity contribution in [1.82, 2.24) is 5.32 Å². The molecule has 3 nitrogen and oxygen atoms in total. The van der Waals surface area contributed by atoms with E-state index in [1.54, 1.807) is 7.11 Å². The molecule has 5 heteroatoms. The van der Waals surface area contributed by atoms with Crippen LogP contribution in [0.4, 0.5) is 0 Å². The molecule has 0 heterocycles. The first-order chi connectivity index (χ1) is 10.2. The fourth-order valence-corrected chi connectivity index (χ4v) is 2.41. The van der Waals surface area contributed by atoms with Gasteiger partial charge in [0.05, 0.1) is 11.6 Å². The van der Waals surface area contributed by atoms with Crippen LogP contribution >= 0.6 is 27.5 Å². The zero-order valence-corrected chi connectivity index (χ0v) is 14.1. The van der Waals surface area contributed by atoms with Gasteiger partial charge in [-0.25, -0.2) is 0 Å². The summed E-state index contributed by atoms with van der Waals surface area (Å²) in [5, 5.41) is 3.91. The molecule has 0 fully saturated rings. The highest BCUT2D eigenvalue weighted by Gasteiger charge is 2.08. The van der Waals surface area contributed by atoms with Crippen molar-refractivity contribution in [3.8, 4) is 11.5 Å². The fourth-order valence-electron chi connectivity index (χ4n) is 1.83. The molecule has 0 aliphatic heterocycles. The van der Waals surface area contributed by atoms with Crippen LogP contribution in [0.3, 0.4) is 0 Å². The molecule has 112 valence electrons. The Balaban J connectivity index is 2.13. The molecule has 0 spiro atoms. The molecule has 0 saturated heterocycles. The summed E-state index contributed by atoms with van der Waals surface area (Å²) in [5.41, 5.74) is 1.06. The third-order valence-corrected chi connectivity index (χ3v) is 3.68. The second kappa shape index (κ2) is 8.39. The molecule has 2 aromatic carbocycles. The zero-order valence-electron chi connectivity index (χ0n) is 11.7. The molecule has 0 amide bonds. The SMILES string of the molecule is COCCNCc1cc(Br)ccc1Oc1ccccc1Cl. The molecule has 0 aliphatic carbocycles. The molecular weight excluding hydrogens is 354 g/mol. The van der Waals surface area contributed by atoms with E-state index in [0.717, 1.165) is 22.3 Å². The number of para-hydroxylation sites is 1. The summed E-state index contributed by atoms with van der Waals surface area (Å²) in [7, 11) is 1.69. The highest BCUT2D eigenvalue weighted by atomic mass is 79.9. The standard InChI is InChI=1S/C16H17BrClNO2/c1-20-9-8-19-11-12-10-13(17)6-7-15(12)21-16-5-3-2-4-14(16)18/h2-7,10,19H,8-9,11H2,1H3. The molecule has 21 heavy (non-hydrogen) atoms. The van der Waals surface area contributed by atoms with Crippen molar-refractivity contribution < 1.29 is 9.47 Å². The fraction of sp³-hybridized carbons (Fsp3) is 0.250. The molecule has 0 aromatic heterocycles. The summed E-state index contributed by atoms with van der Waals surface area (Å²) in [6.07, 6.45) is 0. The minimum atomic E-state index is 0.596. The lowest BCUT2D eigenvalue weighted by Gasteiger charge is -2.13. The van der Waals surface area contributed by atoms with Gasteiger partial charge in [0.15, 0.2) is 0 Å². The Bertz CT molecular complexity index is 592. The lowest BCUT2D eigenvalue weighted by Crippen LogP contribution is -2.18. The Morgan fingerprint density at radius 2 is 1.95 bits per heavy atom. The first-order valence-electron chi connectivity index (χ1n) is 6.61. The Kier molecular flexibility index (Phi) is 6.51. The van der Waals surface area contributed by atoms with Crippen molar-refractivity contribution in [2.45, 2.75) is 6.54 Å². The van der Waals surface area contributed by atoms with Crippen molar-refractivity contribution in [1.29, 1.82) is 0 Å². The average molecular weight is 371 g/mol. The largest absolute Gasteiger partial charge is 0.455 e. The van der Waals surface area contributed by atoms with Gasteiger partial charge in [-0.2, -0.15) is 0 Å². The van der Waals surface area contributed by atoms with E-state index in [1.807, 2.05) is 42.5 Å². The highest BCUT2D eigenvalue weighted by molar-refractivity contribution is 9.10. The first-order valence-corrected chi connectivity index (χ1v) is 7.78. The number of hydrogen-bond acceptors (Lipinski definition) is 3. The third-order valence-electron chi connectivity index (χ3n) is 2.88. The molecule has 2 aromatic rings. The van der Waals surface area contributed by atoms with E-state index in [-0.39, 0.29) is 0 Å². The predicted octanol–water partition coefficient (Wildman–Crippen LogP) is 4.63. The Labute approximate surface area is 138 Å². The van der Waals surface area contributed by atoms with E-state index in [4.69, 9.17) is 21.1 Å². The number of methoxy groups -OCH3 is 1. The number of halogens is 2. The Morgan fingerprint density at radius 3 is 2.71 bits per heavy atom. The third kappa shape index (κ3) is 5.00. The van der Waals surface area contributed by atoms with Crippen LogP contribution in [0.25, 0.3) is 0 Å². The van der Waals surface area contributed by atoms with Gasteiger partial charge >= 0.3 is 0 Å². The minimum Gasteiger partial charge on any atom is -0.455 e. The second-order valence-corrected chi connectivity index (χ2v) is 5.78. The number of rotatable bonds is 7. The number of hydrogen-bond donors (Lipinski definition) is 1. The lowest BCUT2D eigenvalue weighted by atomic mass is 10.2. The van der Waals surface area contributed by atoms with Crippen LogP contribution < -0.4 is 10.1 Å². The summed E-state index contributed by atoms with van der Waals surface area (Å²) >= 11 is 9.62. The van der Waals surface area contributed by atoms with E-state index >= 15 is 0 Å². The van der Waals surface area contributed by atoms with Crippen LogP contribution in [0.2, 0.25) is 5.02 Å². The van der Waals surface area contributed by atoms with Crippen LogP contribution in [0.1, 0.15) is 5.56 Å². The van der Waals surface area contributed by atoms with Gasteiger partial charge < -0.3 is 14.8 Å². The van der Waals surface area contributed by atoms with Gasteiger partial charge in [0.1, 0.15) is 11.5 Å². The molecule has 0 aliphatic rings. The maximum Gasteiger partial charge on any atom is 0.146 e. The lowest BCUT2D eigenvalue weighted by molar-refractivity contribution is 0.199. The van der Waals surface area contributed by atoms with E-state index < -0.39 is 0 Å². The van der Waals surface area contributed by atoms with Crippen LogP contribution in [0.5, 0.6) is 11.5 Å². The average Bonchev–Trinajstić information content (AvgIpc) is 2.48. The van der Waals surface area contributed by atoms with Gasteiger partial charge in [-0.1, -0.05) is 39.7 Å². The van der Waals surface area contributed by atoms with Crippen molar-refractivity contribution in [2.75, 3.05) is 20.3 Å². The second-order valence-electron chi connectivity index (χ2n) is 4.45. The van der Waals surface area contributed by atoms with Gasteiger partial charge in [0, 0.05) is 30.2 Å². The van der Waals surface area contributed by atoms with Crippen molar-refractivity contribution in [3.63, 3.8) is 0 Å². The maximum atomic E-state index is 6.14. The summed E-state index contributed by atoms with van der Waals surface area (Å²) in [5.74, 6) is 1.44. The van der Waals surface area contributed by atoms with Gasteiger partial charge in [0.2, 0.25) is 0 Å². The quantitative estimate of drug-likeness (QED) is 0.721. The van der Waals surface area contributed by atoms with Crippen molar-refractivity contribution >= 4 is 27.5 Å². The van der Waals surface area contributed by atoms with Gasteiger partial charge in [-0.3, -0.25) is 0 Å². The summed E-state index contributed by atoms with van der Waals surface area (Å²) in [4.78, 5) is 0. The zero-order chi connectivity index (χ0) is 15.1. The van der Waals surface area contributed by atoms with Crippen molar-refractivity contribution in [2.24, 2.45) is 0 Å². The van der Waals surface area contributed by atoms with Crippen LogP contribution in [0.15, 0.2) is 46.9 Å². The van der Waals surface area contributed by atoms with Gasteiger partial charge in [0.25, 0.3) is 0 Å². The number of ether oxygens (including phenoxy) is 2. The maximum absolute atomic E-state index is 6.14. The summed E-state index contributed by atoms with van der Waals surface area (Å²) in [6.45, 7) is 2.16. The topological polar surface area (TPSA) is 30.5 Å².